The molecule has 0 aliphatic heterocycles. The first-order valence-electron chi connectivity index (χ1n) is 4.94. The van der Waals surface area contributed by atoms with Crippen LogP contribution in [0.4, 0.5) is 8.78 Å². The van der Waals surface area contributed by atoms with Gasteiger partial charge in [0.2, 0.25) is 5.91 Å². The summed E-state index contributed by atoms with van der Waals surface area (Å²) in [4.78, 5) is 11.3. The molecule has 0 radical (unpaired) electrons. The Labute approximate surface area is 92.6 Å². The lowest BCUT2D eigenvalue weighted by molar-refractivity contribution is -0.124. The summed E-state index contributed by atoms with van der Waals surface area (Å²) in [7, 11) is 1.46. The van der Waals surface area contributed by atoms with E-state index >= 15 is 0 Å². The van der Waals surface area contributed by atoms with E-state index < -0.39 is 17.6 Å². The Kier molecular flexibility index (Phi) is 4.37. The first-order chi connectivity index (χ1) is 7.60. The topological polar surface area (TPSA) is 55.1 Å². The van der Waals surface area contributed by atoms with Crippen molar-refractivity contribution in [2.75, 3.05) is 13.6 Å². The Morgan fingerprint density at radius 3 is 2.44 bits per heavy atom. The van der Waals surface area contributed by atoms with Crippen molar-refractivity contribution in [2.45, 2.75) is 6.42 Å². The normalized spacial score (nSPS) is 12.2. The molecule has 0 aliphatic carbocycles. The van der Waals surface area contributed by atoms with Gasteiger partial charge in [-0.15, -0.1) is 0 Å². The van der Waals surface area contributed by atoms with Crippen LogP contribution in [-0.2, 0) is 11.2 Å². The van der Waals surface area contributed by atoms with E-state index in [1.807, 2.05) is 0 Å². The quantitative estimate of drug-likeness (QED) is 0.802. The van der Waals surface area contributed by atoms with E-state index in [-0.39, 0.29) is 24.4 Å². The molecule has 5 heteroatoms. The van der Waals surface area contributed by atoms with Gasteiger partial charge in [0.05, 0.1) is 5.92 Å². The standard InChI is InChI=1S/C11H14F2N2O/c1-15-11(16)7(6-14)5-8-9(12)3-2-4-10(8)13/h2-4,7H,5-6,14H2,1H3,(H,15,16). The van der Waals surface area contributed by atoms with Crippen LogP contribution in [0, 0.1) is 17.6 Å². The van der Waals surface area contributed by atoms with Gasteiger partial charge in [0.1, 0.15) is 11.6 Å². The van der Waals surface area contributed by atoms with Gasteiger partial charge in [0.25, 0.3) is 0 Å². The van der Waals surface area contributed by atoms with Gasteiger partial charge < -0.3 is 11.1 Å². The highest BCUT2D eigenvalue weighted by molar-refractivity contribution is 5.78. The molecule has 0 aliphatic rings. The van der Waals surface area contributed by atoms with Crippen LogP contribution in [0.15, 0.2) is 18.2 Å². The lowest BCUT2D eigenvalue weighted by Gasteiger charge is -2.13. The maximum atomic E-state index is 13.3. The molecule has 1 atom stereocenters. The maximum Gasteiger partial charge on any atom is 0.224 e. The van der Waals surface area contributed by atoms with Gasteiger partial charge >= 0.3 is 0 Å². The number of amides is 1. The van der Waals surface area contributed by atoms with Crippen molar-refractivity contribution in [1.82, 2.24) is 5.32 Å². The number of hydrogen-bond donors (Lipinski definition) is 2. The zero-order valence-electron chi connectivity index (χ0n) is 8.97. The van der Waals surface area contributed by atoms with Crippen LogP contribution in [0.3, 0.4) is 0 Å². The van der Waals surface area contributed by atoms with Crippen molar-refractivity contribution in [2.24, 2.45) is 11.7 Å². The van der Waals surface area contributed by atoms with Crippen molar-refractivity contribution in [1.29, 1.82) is 0 Å². The second-order valence-corrected chi connectivity index (χ2v) is 3.45. The molecule has 1 rings (SSSR count). The molecule has 1 unspecified atom stereocenters. The lowest BCUT2D eigenvalue weighted by Crippen LogP contribution is -2.34. The van der Waals surface area contributed by atoms with Gasteiger partial charge in [-0.3, -0.25) is 4.79 Å². The molecule has 0 heterocycles. The molecule has 0 fully saturated rings. The minimum Gasteiger partial charge on any atom is -0.359 e. The molecular weight excluding hydrogens is 214 g/mol. The minimum absolute atomic E-state index is 0.0331. The van der Waals surface area contributed by atoms with Gasteiger partial charge in [0, 0.05) is 19.2 Å². The number of carbonyl (C=O) groups is 1. The number of hydrogen-bond acceptors (Lipinski definition) is 2. The van der Waals surface area contributed by atoms with Gasteiger partial charge in [0.15, 0.2) is 0 Å². The minimum atomic E-state index is -0.651. The number of carbonyl (C=O) groups excluding carboxylic acids is 1. The van der Waals surface area contributed by atoms with Crippen LogP contribution in [0.2, 0.25) is 0 Å². The fourth-order valence-corrected chi connectivity index (χ4v) is 1.46. The number of nitrogens with one attached hydrogen (secondary N) is 1. The van der Waals surface area contributed by atoms with Crippen molar-refractivity contribution in [3.05, 3.63) is 35.4 Å². The van der Waals surface area contributed by atoms with Crippen molar-refractivity contribution in [3.8, 4) is 0 Å². The highest BCUT2D eigenvalue weighted by atomic mass is 19.1. The average molecular weight is 228 g/mol. The third-order valence-corrected chi connectivity index (χ3v) is 2.41. The molecule has 0 aromatic heterocycles. The fourth-order valence-electron chi connectivity index (χ4n) is 1.46. The third kappa shape index (κ3) is 2.76. The average Bonchev–Trinajstić information content (AvgIpc) is 2.28. The van der Waals surface area contributed by atoms with Crippen molar-refractivity contribution in [3.63, 3.8) is 0 Å². The van der Waals surface area contributed by atoms with E-state index in [1.165, 1.54) is 13.1 Å². The van der Waals surface area contributed by atoms with Crippen molar-refractivity contribution < 1.29 is 13.6 Å². The van der Waals surface area contributed by atoms with Crippen molar-refractivity contribution >= 4 is 5.91 Å². The summed E-state index contributed by atoms with van der Waals surface area (Å²) in [6, 6.07) is 3.61. The van der Waals surface area contributed by atoms with Crippen LogP contribution >= 0.6 is 0 Å². The molecule has 1 aromatic rings. The van der Waals surface area contributed by atoms with Crippen LogP contribution < -0.4 is 11.1 Å². The number of benzene rings is 1. The Bertz CT molecular complexity index is 362. The number of rotatable bonds is 4. The SMILES string of the molecule is CNC(=O)C(CN)Cc1c(F)cccc1F. The van der Waals surface area contributed by atoms with Gasteiger partial charge in [-0.25, -0.2) is 8.78 Å². The molecule has 0 saturated carbocycles. The molecule has 0 saturated heterocycles. The molecular formula is C11H14F2N2O. The molecule has 1 aromatic carbocycles. The van der Waals surface area contributed by atoms with Gasteiger partial charge in [-0.2, -0.15) is 0 Å². The van der Waals surface area contributed by atoms with Gasteiger partial charge in [-0.05, 0) is 18.6 Å². The summed E-state index contributed by atoms with van der Waals surface area (Å²) >= 11 is 0. The van der Waals surface area contributed by atoms with Crippen LogP contribution in [-0.4, -0.2) is 19.5 Å². The monoisotopic (exact) mass is 228 g/mol. The lowest BCUT2D eigenvalue weighted by atomic mass is 9.98. The number of nitrogens with two attached hydrogens (primary N) is 1. The largest absolute Gasteiger partial charge is 0.359 e. The van der Waals surface area contributed by atoms with Gasteiger partial charge in [-0.1, -0.05) is 6.07 Å². The predicted molar refractivity (Wildman–Crippen MR) is 56.7 cm³/mol. The molecule has 0 bridgehead atoms. The third-order valence-electron chi connectivity index (χ3n) is 2.41. The first-order valence-corrected chi connectivity index (χ1v) is 4.94. The fraction of sp³-hybridized carbons (Fsp3) is 0.364. The molecule has 1 amide bonds. The Hall–Kier alpha value is -1.49. The van der Waals surface area contributed by atoms with Crippen LogP contribution in [0.25, 0.3) is 0 Å². The molecule has 88 valence electrons. The van der Waals surface area contributed by atoms with E-state index in [0.717, 1.165) is 12.1 Å². The number of halogens is 2. The Morgan fingerprint density at radius 2 is 2.00 bits per heavy atom. The first kappa shape index (κ1) is 12.6. The molecule has 3 N–H and O–H groups in total. The maximum absolute atomic E-state index is 13.3. The van der Waals surface area contributed by atoms with Crippen LogP contribution in [0.5, 0.6) is 0 Å². The Balaban J connectivity index is 2.90. The van der Waals surface area contributed by atoms with E-state index in [9.17, 15) is 13.6 Å². The van der Waals surface area contributed by atoms with Crippen LogP contribution in [0.1, 0.15) is 5.56 Å². The summed E-state index contributed by atoms with van der Waals surface area (Å²) in [6.45, 7) is 0.0491. The molecule has 16 heavy (non-hydrogen) atoms. The second kappa shape index (κ2) is 5.55. The summed E-state index contributed by atoms with van der Waals surface area (Å²) in [5.41, 5.74) is 5.30. The zero-order chi connectivity index (χ0) is 12.1. The Morgan fingerprint density at radius 1 is 1.44 bits per heavy atom. The van der Waals surface area contributed by atoms with E-state index in [1.54, 1.807) is 0 Å². The summed E-state index contributed by atoms with van der Waals surface area (Å²) in [5.74, 6) is -2.23. The summed E-state index contributed by atoms with van der Waals surface area (Å²) < 4.78 is 26.6. The molecule has 3 nitrogen and oxygen atoms in total. The second-order valence-electron chi connectivity index (χ2n) is 3.45. The smallest absolute Gasteiger partial charge is 0.224 e. The summed E-state index contributed by atoms with van der Waals surface area (Å²) in [6.07, 6.45) is -0.0331. The van der Waals surface area contributed by atoms with E-state index in [2.05, 4.69) is 5.32 Å². The highest BCUT2D eigenvalue weighted by Gasteiger charge is 2.19. The summed E-state index contributed by atoms with van der Waals surface area (Å²) in [5, 5.41) is 2.41. The van der Waals surface area contributed by atoms with E-state index in [0.29, 0.717) is 0 Å². The van der Waals surface area contributed by atoms with E-state index in [4.69, 9.17) is 5.73 Å². The molecule has 0 spiro atoms. The zero-order valence-corrected chi connectivity index (χ0v) is 8.97. The highest BCUT2D eigenvalue weighted by Crippen LogP contribution is 2.16. The predicted octanol–water partition coefficient (Wildman–Crippen LogP) is 0.828.